The minimum absolute atomic E-state index is 0.276. The number of hydrogen-bond acceptors (Lipinski definition) is 6. The minimum Gasteiger partial charge on any atom is -0.270 e. The van der Waals surface area contributed by atoms with Gasteiger partial charge in [-0.15, -0.1) is 10.2 Å². The van der Waals surface area contributed by atoms with Crippen molar-refractivity contribution in [1.82, 2.24) is 24.1 Å². The molecule has 2 heterocycles. The van der Waals surface area contributed by atoms with Crippen LogP contribution >= 0.6 is 11.8 Å². The molecule has 32 heavy (non-hydrogen) atoms. The van der Waals surface area contributed by atoms with Gasteiger partial charge in [0.25, 0.3) is 0 Å². The average molecular weight is 466 g/mol. The molecule has 2 aromatic carbocycles. The standard InChI is InChI=1S/C23H23N5O2S2/c1-17-7-9-20(10-8-17)28-22(19-11-13-24-14-12-19)25-26-23(28)31-16-18-5-4-6-21(15-18)32(29,30)27(2)3/h4-15H,16H2,1-3H3. The van der Waals surface area contributed by atoms with Gasteiger partial charge in [-0.1, -0.05) is 41.6 Å². The fourth-order valence-electron chi connectivity index (χ4n) is 3.13. The van der Waals surface area contributed by atoms with Crippen LogP contribution in [0.1, 0.15) is 11.1 Å². The molecule has 0 amide bonds. The molecule has 7 nitrogen and oxygen atoms in total. The Bertz CT molecular complexity index is 1320. The van der Waals surface area contributed by atoms with Crippen LogP contribution in [0, 0.1) is 6.92 Å². The van der Waals surface area contributed by atoms with Crippen molar-refractivity contribution in [3.05, 3.63) is 84.2 Å². The first-order chi connectivity index (χ1) is 15.4. The van der Waals surface area contributed by atoms with Gasteiger partial charge in [0.15, 0.2) is 11.0 Å². The first-order valence-corrected chi connectivity index (χ1v) is 12.4. The van der Waals surface area contributed by atoms with E-state index in [1.54, 1.807) is 30.6 Å². The predicted molar refractivity (Wildman–Crippen MR) is 126 cm³/mol. The maximum Gasteiger partial charge on any atom is 0.242 e. The Labute approximate surface area is 192 Å². The molecule has 0 aliphatic heterocycles. The van der Waals surface area contributed by atoms with Gasteiger partial charge in [-0.2, -0.15) is 0 Å². The van der Waals surface area contributed by atoms with Crippen molar-refractivity contribution >= 4 is 21.8 Å². The Kier molecular flexibility index (Phi) is 6.40. The van der Waals surface area contributed by atoms with Crippen LogP contribution in [0.15, 0.2) is 83.1 Å². The van der Waals surface area contributed by atoms with Gasteiger partial charge in [0.1, 0.15) is 0 Å². The van der Waals surface area contributed by atoms with Gasteiger partial charge >= 0.3 is 0 Å². The Hall–Kier alpha value is -3.01. The van der Waals surface area contributed by atoms with Gasteiger partial charge in [-0.3, -0.25) is 9.55 Å². The van der Waals surface area contributed by atoms with Crippen molar-refractivity contribution in [2.24, 2.45) is 0 Å². The Morgan fingerprint density at radius 1 is 0.969 bits per heavy atom. The summed E-state index contributed by atoms with van der Waals surface area (Å²) in [7, 11) is -0.426. The van der Waals surface area contributed by atoms with E-state index in [1.165, 1.54) is 35.7 Å². The highest BCUT2D eigenvalue weighted by Crippen LogP contribution is 2.30. The van der Waals surface area contributed by atoms with Crippen LogP contribution in [0.2, 0.25) is 0 Å². The highest BCUT2D eigenvalue weighted by Gasteiger charge is 2.19. The lowest BCUT2D eigenvalue weighted by Crippen LogP contribution is -2.22. The fraction of sp³-hybridized carbons (Fsp3) is 0.174. The van der Waals surface area contributed by atoms with Crippen molar-refractivity contribution < 1.29 is 8.42 Å². The van der Waals surface area contributed by atoms with Crippen LogP contribution in [-0.4, -0.2) is 46.6 Å². The van der Waals surface area contributed by atoms with E-state index in [-0.39, 0.29) is 4.90 Å². The lowest BCUT2D eigenvalue weighted by Gasteiger charge is -2.13. The monoisotopic (exact) mass is 465 g/mol. The minimum atomic E-state index is -3.48. The summed E-state index contributed by atoms with van der Waals surface area (Å²) < 4.78 is 28.2. The molecular formula is C23H23N5O2S2. The molecule has 4 rings (SSSR count). The molecule has 2 aromatic heterocycles. The van der Waals surface area contributed by atoms with Crippen molar-refractivity contribution in [3.63, 3.8) is 0 Å². The Morgan fingerprint density at radius 2 is 1.69 bits per heavy atom. The zero-order valence-corrected chi connectivity index (χ0v) is 19.6. The lowest BCUT2D eigenvalue weighted by molar-refractivity contribution is 0.520. The van der Waals surface area contributed by atoms with Gasteiger partial charge in [-0.25, -0.2) is 12.7 Å². The van der Waals surface area contributed by atoms with Crippen LogP contribution in [-0.2, 0) is 15.8 Å². The number of rotatable bonds is 7. The summed E-state index contributed by atoms with van der Waals surface area (Å²) in [5.41, 5.74) is 3.93. The summed E-state index contributed by atoms with van der Waals surface area (Å²) in [6.45, 7) is 2.05. The molecule has 0 bridgehead atoms. The van der Waals surface area contributed by atoms with Crippen molar-refractivity contribution in [3.8, 4) is 17.1 Å². The second-order valence-corrected chi connectivity index (χ2v) is 10.5. The molecule has 0 spiro atoms. The zero-order valence-electron chi connectivity index (χ0n) is 18.0. The molecule has 4 aromatic rings. The summed E-state index contributed by atoms with van der Waals surface area (Å²) >= 11 is 1.51. The third-order valence-corrected chi connectivity index (χ3v) is 7.72. The molecule has 0 saturated heterocycles. The maximum absolute atomic E-state index is 12.5. The summed E-state index contributed by atoms with van der Waals surface area (Å²) in [6.07, 6.45) is 3.46. The molecule has 0 unspecified atom stereocenters. The first kappa shape index (κ1) is 22.2. The number of pyridine rings is 1. The molecule has 0 atom stereocenters. The second kappa shape index (κ2) is 9.23. The van der Waals surface area contributed by atoms with Crippen LogP contribution in [0.3, 0.4) is 0 Å². The molecular weight excluding hydrogens is 442 g/mol. The van der Waals surface area contributed by atoms with E-state index in [0.717, 1.165) is 27.8 Å². The first-order valence-electron chi connectivity index (χ1n) is 9.93. The van der Waals surface area contributed by atoms with E-state index in [1.807, 2.05) is 41.8 Å². The number of thioether (sulfide) groups is 1. The number of sulfonamides is 1. The maximum atomic E-state index is 12.5. The number of benzene rings is 2. The molecule has 0 aliphatic carbocycles. The van der Waals surface area contributed by atoms with Gasteiger partial charge in [0.2, 0.25) is 10.0 Å². The Morgan fingerprint density at radius 3 is 2.38 bits per heavy atom. The quantitative estimate of drug-likeness (QED) is 0.381. The highest BCUT2D eigenvalue weighted by atomic mass is 32.2. The predicted octanol–water partition coefficient (Wildman–Crippen LogP) is 4.18. The van der Waals surface area contributed by atoms with E-state index >= 15 is 0 Å². The van der Waals surface area contributed by atoms with Crippen molar-refractivity contribution in [2.45, 2.75) is 22.7 Å². The van der Waals surface area contributed by atoms with Crippen LogP contribution in [0.25, 0.3) is 17.1 Å². The SMILES string of the molecule is Cc1ccc(-n2c(SCc3cccc(S(=O)(=O)N(C)C)c3)nnc2-c2ccncc2)cc1. The number of hydrogen-bond donors (Lipinski definition) is 0. The number of aromatic nitrogens is 4. The van der Waals surface area contributed by atoms with E-state index in [4.69, 9.17) is 0 Å². The summed E-state index contributed by atoms with van der Waals surface area (Å²) in [5, 5.41) is 9.60. The molecule has 0 saturated carbocycles. The molecule has 164 valence electrons. The Balaban J connectivity index is 1.68. The zero-order chi connectivity index (χ0) is 22.7. The number of aryl methyl sites for hydroxylation is 1. The normalized spacial score (nSPS) is 11.8. The van der Waals surface area contributed by atoms with Crippen LogP contribution in [0.5, 0.6) is 0 Å². The molecule has 0 aliphatic rings. The molecule has 0 fully saturated rings. The van der Waals surface area contributed by atoms with E-state index in [2.05, 4.69) is 27.3 Å². The molecule has 0 radical (unpaired) electrons. The van der Waals surface area contributed by atoms with Gasteiger partial charge in [-0.05, 0) is 48.9 Å². The van der Waals surface area contributed by atoms with Gasteiger partial charge < -0.3 is 0 Å². The third kappa shape index (κ3) is 4.59. The smallest absolute Gasteiger partial charge is 0.242 e. The lowest BCUT2D eigenvalue weighted by atomic mass is 10.2. The average Bonchev–Trinajstić information content (AvgIpc) is 3.23. The summed E-state index contributed by atoms with van der Waals surface area (Å²) in [5.74, 6) is 1.28. The van der Waals surface area contributed by atoms with E-state index in [0.29, 0.717) is 5.75 Å². The van der Waals surface area contributed by atoms with Crippen LogP contribution < -0.4 is 0 Å². The summed E-state index contributed by atoms with van der Waals surface area (Å²) in [6, 6.07) is 19.0. The fourth-order valence-corrected chi connectivity index (χ4v) is 5.00. The van der Waals surface area contributed by atoms with Crippen molar-refractivity contribution in [1.29, 1.82) is 0 Å². The van der Waals surface area contributed by atoms with Crippen molar-refractivity contribution in [2.75, 3.05) is 14.1 Å². The van der Waals surface area contributed by atoms with E-state index in [9.17, 15) is 8.42 Å². The third-order valence-electron chi connectivity index (χ3n) is 4.91. The second-order valence-electron chi connectivity index (χ2n) is 7.44. The topological polar surface area (TPSA) is 81.0 Å². The van der Waals surface area contributed by atoms with E-state index < -0.39 is 10.0 Å². The van der Waals surface area contributed by atoms with Gasteiger partial charge in [0.05, 0.1) is 4.90 Å². The summed E-state index contributed by atoms with van der Waals surface area (Å²) in [4.78, 5) is 4.37. The molecule has 9 heteroatoms. The largest absolute Gasteiger partial charge is 0.270 e. The van der Waals surface area contributed by atoms with Gasteiger partial charge in [0, 0.05) is 43.5 Å². The highest BCUT2D eigenvalue weighted by molar-refractivity contribution is 7.98. The van der Waals surface area contributed by atoms with Crippen LogP contribution in [0.4, 0.5) is 0 Å². The number of nitrogens with zero attached hydrogens (tertiary/aromatic N) is 5. The molecule has 0 N–H and O–H groups in total.